The number of fused-ring (bicyclic) bond motifs is 1. The quantitative estimate of drug-likeness (QED) is 0.127. The molecule has 0 aromatic carbocycles. The van der Waals surface area contributed by atoms with Gasteiger partial charge in [-0.1, -0.05) is 39.8 Å². The summed E-state index contributed by atoms with van der Waals surface area (Å²) in [5.41, 5.74) is -5.53. The molecule has 334 valence electrons. The molecule has 1 aromatic rings. The van der Waals surface area contributed by atoms with Crippen LogP contribution in [0.2, 0.25) is 0 Å². The highest BCUT2D eigenvalue weighted by Crippen LogP contribution is 2.44. The molecular weight excluding hydrogens is 778 g/mol. The summed E-state index contributed by atoms with van der Waals surface area (Å²) in [6.07, 6.45) is 7.16. The van der Waals surface area contributed by atoms with Gasteiger partial charge in [0.1, 0.15) is 29.7 Å². The number of likely N-dealkylation sites (N-methyl/N-ethyl adjacent to an activating group) is 1. The van der Waals surface area contributed by atoms with Gasteiger partial charge in [0.25, 0.3) is 5.67 Å². The standard InChI is InChI=1S/C44H66FN5O10/c1-12-33-43(8)36(50(41(55)60-43)20-15-14-19-49-24-31(47-25-49)30-17-16-18-46-23-30)28(5)34(51)26(3)22-44(13-2,56-11)38(29(6)37(53)42(7,45)40(54)58-33)59-39-35(52)32(48(9)10)21-27(4)57-39/h13,16,18,23-30,32-33,35-36,38-39,52H,2,12,14-15,17,19-22H2,1,3-11H3/t26-,27-,28+,29+,30?,32+,33-,35-,36?,38-,39+,42+,43-,44-/m1/s1. The number of Topliss-reactive ketones (excluding diaryl/α,β-unsaturated/α-hetero) is 2. The average Bonchev–Trinajstić information content (AvgIpc) is 3.80. The molecule has 1 N–H and O–H groups in total. The van der Waals surface area contributed by atoms with Crippen molar-refractivity contribution in [1.82, 2.24) is 19.4 Å². The number of methoxy groups -OCH3 is 1. The van der Waals surface area contributed by atoms with E-state index in [1.165, 1.54) is 25.0 Å². The van der Waals surface area contributed by atoms with Crippen LogP contribution in [0.5, 0.6) is 0 Å². The maximum absolute atomic E-state index is 17.0. The van der Waals surface area contributed by atoms with Crippen molar-refractivity contribution >= 4 is 29.8 Å². The number of aliphatic hydroxyl groups excluding tert-OH is 1. The van der Waals surface area contributed by atoms with Crippen LogP contribution < -0.4 is 0 Å². The second-order valence-electron chi connectivity index (χ2n) is 17.7. The van der Waals surface area contributed by atoms with E-state index >= 15 is 4.39 Å². The number of halogens is 1. The van der Waals surface area contributed by atoms with Crippen molar-refractivity contribution in [3.63, 3.8) is 0 Å². The summed E-state index contributed by atoms with van der Waals surface area (Å²) in [4.78, 5) is 69.1. The number of hydrogen-bond donors (Lipinski definition) is 1. The normalized spacial score (nSPS) is 39.4. The number of aliphatic hydroxyl groups is 1. The lowest BCUT2D eigenvalue weighted by Crippen LogP contribution is -2.62. The Labute approximate surface area is 353 Å². The van der Waals surface area contributed by atoms with Crippen molar-refractivity contribution in [2.45, 2.75) is 159 Å². The van der Waals surface area contributed by atoms with Crippen molar-refractivity contribution < 1.29 is 52.4 Å². The highest BCUT2D eigenvalue weighted by Gasteiger charge is 2.62. The maximum atomic E-state index is 17.0. The zero-order chi connectivity index (χ0) is 44.3. The summed E-state index contributed by atoms with van der Waals surface area (Å²) in [6, 6.07) is -1.33. The monoisotopic (exact) mass is 843 g/mol. The van der Waals surface area contributed by atoms with Gasteiger partial charge >= 0.3 is 12.1 Å². The number of aliphatic imine (C=N–C) groups is 1. The Balaban J connectivity index is 1.47. The number of carbonyl (C=O) groups excluding carboxylic acids is 4. The van der Waals surface area contributed by atoms with Crippen LogP contribution in [0.1, 0.15) is 98.6 Å². The van der Waals surface area contributed by atoms with Gasteiger partial charge in [0.15, 0.2) is 17.7 Å². The number of alkyl halides is 1. The first-order chi connectivity index (χ1) is 28.3. The topological polar surface area (TPSA) is 171 Å². The van der Waals surface area contributed by atoms with Crippen molar-refractivity contribution in [2.75, 3.05) is 27.7 Å². The molecule has 3 fully saturated rings. The molecule has 2 unspecified atom stereocenters. The van der Waals surface area contributed by atoms with Crippen LogP contribution in [0.15, 0.2) is 42.4 Å². The number of ketones is 2. The fraction of sp³-hybridized carbons (Fsp3) is 0.727. The van der Waals surface area contributed by atoms with E-state index in [-0.39, 0.29) is 43.2 Å². The van der Waals surface area contributed by atoms with Gasteiger partial charge < -0.3 is 43.2 Å². The van der Waals surface area contributed by atoms with Gasteiger partial charge in [-0.15, -0.1) is 6.58 Å². The molecule has 4 aliphatic rings. The lowest BCUT2D eigenvalue weighted by atomic mass is 9.72. The summed E-state index contributed by atoms with van der Waals surface area (Å²) in [6.45, 7) is 15.7. The molecule has 16 heteroatoms. The third kappa shape index (κ3) is 9.32. The molecule has 1 aromatic heterocycles. The molecule has 14 atom stereocenters. The van der Waals surface area contributed by atoms with E-state index in [0.29, 0.717) is 25.8 Å². The summed E-state index contributed by atoms with van der Waals surface area (Å²) >= 11 is 0. The predicted octanol–water partition coefficient (Wildman–Crippen LogP) is 5.20. The molecule has 0 bridgehead atoms. The number of amides is 1. The molecule has 1 amide bonds. The Hall–Kier alpha value is -3.83. The Morgan fingerprint density at radius 3 is 2.42 bits per heavy atom. The van der Waals surface area contributed by atoms with E-state index in [9.17, 15) is 24.3 Å². The van der Waals surface area contributed by atoms with Crippen LogP contribution in [-0.4, -0.2) is 142 Å². The van der Waals surface area contributed by atoms with Crippen LogP contribution in [0.3, 0.4) is 0 Å². The van der Waals surface area contributed by atoms with Crippen molar-refractivity contribution in [3.05, 3.63) is 43.1 Å². The molecule has 0 radical (unpaired) electrons. The number of hydrogen-bond acceptors (Lipinski definition) is 13. The van der Waals surface area contributed by atoms with E-state index in [2.05, 4.69) is 16.6 Å². The van der Waals surface area contributed by atoms with Gasteiger partial charge in [-0.3, -0.25) is 14.6 Å². The van der Waals surface area contributed by atoms with Crippen molar-refractivity contribution in [2.24, 2.45) is 22.7 Å². The van der Waals surface area contributed by atoms with Crippen molar-refractivity contribution in [1.29, 1.82) is 0 Å². The number of cyclic esters (lactones) is 1. The lowest BCUT2D eigenvalue weighted by molar-refractivity contribution is -0.292. The number of ether oxygens (including phenoxy) is 5. The van der Waals surface area contributed by atoms with E-state index in [1.807, 2.05) is 49.0 Å². The number of esters is 1. The third-order valence-corrected chi connectivity index (χ3v) is 13.2. The van der Waals surface area contributed by atoms with Gasteiger partial charge in [-0.25, -0.2) is 19.0 Å². The molecule has 0 spiro atoms. The number of carbonyl (C=O) groups is 4. The minimum Gasteiger partial charge on any atom is -0.455 e. The predicted molar refractivity (Wildman–Crippen MR) is 221 cm³/mol. The molecule has 4 aliphatic heterocycles. The number of imidazole rings is 1. The molecule has 0 saturated carbocycles. The molecule has 15 nitrogen and oxygen atoms in total. The highest BCUT2D eigenvalue weighted by atomic mass is 19.1. The van der Waals surface area contributed by atoms with E-state index in [4.69, 9.17) is 23.7 Å². The van der Waals surface area contributed by atoms with Gasteiger partial charge in [0.05, 0.1) is 24.2 Å². The average molecular weight is 844 g/mol. The molecule has 5 rings (SSSR count). The summed E-state index contributed by atoms with van der Waals surface area (Å²) in [5, 5.41) is 11.5. The molecule has 60 heavy (non-hydrogen) atoms. The van der Waals surface area contributed by atoms with E-state index < -0.39 is 83.1 Å². The van der Waals surface area contributed by atoms with Gasteiger partial charge in [0.2, 0.25) is 0 Å². The smallest absolute Gasteiger partial charge is 0.410 e. The first-order valence-electron chi connectivity index (χ1n) is 21.3. The molecule has 0 aliphatic carbocycles. The number of aryl methyl sites for hydroxylation is 1. The maximum Gasteiger partial charge on any atom is 0.410 e. The number of nitrogens with zero attached hydrogens (tertiary/aromatic N) is 5. The largest absolute Gasteiger partial charge is 0.455 e. The minimum absolute atomic E-state index is 0.0811. The van der Waals surface area contributed by atoms with Crippen LogP contribution in [0.4, 0.5) is 9.18 Å². The summed E-state index contributed by atoms with van der Waals surface area (Å²) < 4.78 is 49.6. The van der Waals surface area contributed by atoms with Crippen LogP contribution in [-0.2, 0) is 44.6 Å². The first-order valence-corrected chi connectivity index (χ1v) is 21.3. The summed E-state index contributed by atoms with van der Waals surface area (Å²) in [7, 11) is 5.00. The van der Waals surface area contributed by atoms with Gasteiger partial charge in [0, 0.05) is 68.5 Å². The SMILES string of the molecule is C=C[C@@]1(OC)C[C@@H](C)C(=O)[C@H](C)C2N(CCCCn3cnc(C4C=NC=CC4)c3)C(=O)O[C@]2(C)[C@@H](CC)OC(=O)[C@@](C)(F)C(=O)[C@H](C)[C@H]1O[C@@H]1O[C@H](C)C[C@H](N(C)C)[C@H]1O. The highest BCUT2D eigenvalue weighted by molar-refractivity contribution is 6.08. The molecular formula is C44H66FN5O10. The third-order valence-electron chi connectivity index (χ3n) is 13.2. The number of unbranched alkanes of at least 4 members (excludes halogenated alkanes) is 1. The number of aromatic nitrogens is 2. The molecule has 3 saturated heterocycles. The fourth-order valence-electron chi connectivity index (χ4n) is 9.68. The number of rotatable bonds is 12. The second kappa shape index (κ2) is 19.1. The van der Waals surface area contributed by atoms with Gasteiger partial charge in [-0.2, -0.15) is 0 Å². The zero-order valence-corrected chi connectivity index (χ0v) is 36.9. The van der Waals surface area contributed by atoms with Gasteiger partial charge in [-0.05, 0) is 73.4 Å². The Morgan fingerprint density at radius 2 is 1.80 bits per heavy atom. The van der Waals surface area contributed by atoms with Crippen LogP contribution >= 0.6 is 0 Å². The zero-order valence-electron chi connectivity index (χ0n) is 36.9. The Morgan fingerprint density at radius 1 is 1.10 bits per heavy atom. The Kier molecular flexibility index (Phi) is 15.0. The number of allylic oxidation sites excluding steroid dienone is 1. The van der Waals surface area contributed by atoms with Crippen molar-refractivity contribution in [3.8, 4) is 0 Å². The van der Waals surface area contributed by atoms with Crippen LogP contribution in [0.25, 0.3) is 0 Å². The second-order valence-corrected chi connectivity index (χ2v) is 17.7. The molecule has 5 heterocycles. The summed E-state index contributed by atoms with van der Waals surface area (Å²) in [5.74, 6) is -5.91. The van der Waals surface area contributed by atoms with Crippen LogP contribution in [0, 0.1) is 17.8 Å². The lowest BCUT2D eigenvalue weighted by Gasteiger charge is -2.47. The minimum atomic E-state index is -3.21. The Bertz CT molecular complexity index is 1780. The van der Waals surface area contributed by atoms with E-state index in [1.54, 1.807) is 40.2 Å². The fourth-order valence-corrected chi connectivity index (χ4v) is 9.68. The first kappa shape index (κ1) is 47.2. The van der Waals surface area contributed by atoms with E-state index in [0.717, 1.165) is 19.0 Å².